The fraction of sp³-hybridized carbons (Fsp3) is 0.393. The average Bonchev–Trinajstić information content (AvgIpc) is 3.61. The maximum absolute atomic E-state index is 13.7. The van der Waals surface area contributed by atoms with E-state index in [1.165, 1.54) is 35.2 Å². The van der Waals surface area contributed by atoms with Crippen LogP contribution >= 0.6 is 39.0 Å². The van der Waals surface area contributed by atoms with Gasteiger partial charge in [-0.1, -0.05) is 25.1 Å². The summed E-state index contributed by atoms with van der Waals surface area (Å²) >= 11 is 6.25. The van der Waals surface area contributed by atoms with E-state index in [4.69, 9.17) is 4.74 Å². The zero-order valence-corrected chi connectivity index (χ0v) is 26.4. The first-order chi connectivity index (χ1) is 19.7. The van der Waals surface area contributed by atoms with Gasteiger partial charge in [-0.15, -0.1) is 21.5 Å². The number of carbonyl (C=O) groups excluding carboxylic acids is 2. The Balaban J connectivity index is 1.41. The molecule has 13 heteroatoms. The van der Waals surface area contributed by atoms with Gasteiger partial charge in [-0.25, -0.2) is 9.18 Å². The molecule has 3 heterocycles. The maximum atomic E-state index is 13.7. The van der Waals surface area contributed by atoms with Crippen LogP contribution in [-0.4, -0.2) is 48.8 Å². The number of aryl methyl sites for hydroxylation is 1. The topological polar surface area (TPSA) is 104 Å². The van der Waals surface area contributed by atoms with Crippen molar-refractivity contribution in [2.75, 3.05) is 17.7 Å². The molecule has 0 spiro atoms. The SMILES string of the molecule is CCOC(=O)c1c(NC(=O)CSc2nnc(-c3nn(C)c(C)c3Br)n2-c2ccc(F)cc2)sc2c1CC[C@H](CC)C2. The van der Waals surface area contributed by atoms with Crippen LogP contribution in [0.1, 0.15) is 53.2 Å². The van der Waals surface area contributed by atoms with Gasteiger partial charge in [-0.2, -0.15) is 5.10 Å². The summed E-state index contributed by atoms with van der Waals surface area (Å²) in [6.07, 6.45) is 3.80. The van der Waals surface area contributed by atoms with Gasteiger partial charge in [0.2, 0.25) is 5.91 Å². The van der Waals surface area contributed by atoms with Gasteiger partial charge >= 0.3 is 5.97 Å². The van der Waals surface area contributed by atoms with Crippen LogP contribution in [0.3, 0.4) is 0 Å². The Kier molecular flexibility index (Phi) is 8.95. The fourth-order valence-corrected chi connectivity index (χ4v) is 7.50. The smallest absolute Gasteiger partial charge is 0.341 e. The van der Waals surface area contributed by atoms with Crippen molar-refractivity contribution in [1.82, 2.24) is 24.5 Å². The molecule has 216 valence electrons. The summed E-state index contributed by atoms with van der Waals surface area (Å²) in [6, 6.07) is 5.97. The van der Waals surface area contributed by atoms with Crippen molar-refractivity contribution in [1.29, 1.82) is 0 Å². The van der Waals surface area contributed by atoms with Crippen LogP contribution in [0.2, 0.25) is 0 Å². The average molecular weight is 662 g/mol. The quantitative estimate of drug-likeness (QED) is 0.165. The second-order valence-electron chi connectivity index (χ2n) is 9.77. The number of anilines is 1. The molecule has 4 aromatic rings. The van der Waals surface area contributed by atoms with E-state index >= 15 is 0 Å². The largest absolute Gasteiger partial charge is 0.462 e. The lowest BCUT2D eigenvalue weighted by molar-refractivity contribution is -0.113. The fourth-order valence-electron chi connectivity index (χ4n) is 4.87. The molecule has 0 saturated heterocycles. The number of nitrogens with zero attached hydrogens (tertiary/aromatic N) is 5. The molecule has 1 N–H and O–H groups in total. The highest BCUT2D eigenvalue weighted by Crippen LogP contribution is 2.41. The third kappa shape index (κ3) is 5.98. The minimum atomic E-state index is -0.403. The molecule has 1 amide bonds. The third-order valence-corrected chi connectivity index (χ3v) is 10.2. The van der Waals surface area contributed by atoms with Crippen molar-refractivity contribution >= 4 is 55.9 Å². The van der Waals surface area contributed by atoms with Crippen LogP contribution in [0.5, 0.6) is 0 Å². The second-order valence-corrected chi connectivity index (χ2v) is 12.6. The summed E-state index contributed by atoms with van der Waals surface area (Å²) in [7, 11) is 1.83. The Bertz CT molecular complexity index is 1600. The van der Waals surface area contributed by atoms with E-state index in [0.717, 1.165) is 46.3 Å². The lowest BCUT2D eigenvalue weighted by Crippen LogP contribution is -2.18. The Labute approximate surface area is 254 Å². The van der Waals surface area contributed by atoms with Crippen LogP contribution in [0.4, 0.5) is 9.39 Å². The van der Waals surface area contributed by atoms with Crippen LogP contribution < -0.4 is 5.32 Å². The van der Waals surface area contributed by atoms with Gasteiger partial charge in [-0.3, -0.25) is 14.0 Å². The number of ether oxygens (including phenoxy) is 1. The number of fused-ring (bicyclic) bond motifs is 1. The highest BCUT2D eigenvalue weighted by Gasteiger charge is 2.30. The normalized spacial score (nSPS) is 14.6. The highest BCUT2D eigenvalue weighted by atomic mass is 79.9. The maximum Gasteiger partial charge on any atom is 0.341 e. The van der Waals surface area contributed by atoms with Gasteiger partial charge in [-0.05, 0) is 84.8 Å². The molecular formula is C28H30BrFN6O3S2. The second kappa shape index (κ2) is 12.5. The number of carbonyl (C=O) groups is 2. The number of thiophene rings is 1. The molecule has 0 saturated carbocycles. The molecule has 1 aliphatic carbocycles. The number of hydrogen-bond donors (Lipinski definition) is 1. The number of nitrogens with one attached hydrogen (secondary N) is 1. The molecule has 3 aromatic heterocycles. The summed E-state index contributed by atoms with van der Waals surface area (Å²) in [5.41, 5.74) is 3.59. The van der Waals surface area contributed by atoms with Crippen molar-refractivity contribution in [2.45, 2.75) is 51.6 Å². The van der Waals surface area contributed by atoms with Crippen molar-refractivity contribution < 1.29 is 18.7 Å². The van der Waals surface area contributed by atoms with Gasteiger partial charge in [0, 0.05) is 23.3 Å². The first kappa shape index (κ1) is 29.5. The number of aromatic nitrogens is 5. The summed E-state index contributed by atoms with van der Waals surface area (Å²) in [5.74, 6) is -0.00462. The van der Waals surface area contributed by atoms with Crippen LogP contribution in [0, 0.1) is 18.7 Å². The minimum Gasteiger partial charge on any atom is -0.462 e. The summed E-state index contributed by atoms with van der Waals surface area (Å²) in [6.45, 7) is 6.14. The Morgan fingerprint density at radius 3 is 2.66 bits per heavy atom. The van der Waals surface area contributed by atoms with Gasteiger partial charge in [0.25, 0.3) is 0 Å². The number of rotatable bonds is 9. The molecule has 1 aromatic carbocycles. The van der Waals surface area contributed by atoms with E-state index in [0.29, 0.717) is 38.8 Å². The first-order valence-corrected chi connectivity index (χ1v) is 16.0. The van der Waals surface area contributed by atoms with Crippen LogP contribution in [0.15, 0.2) is 33.9 Å². The molecule has 0 bridgehead atoms. The van der Waals surface area contributed by atoms with Gasteiger partial charge in [0.1, 0.15) is 16.5 Å². The number of benzene rings is 1. The third-order valence-electron chi connectivity index (χ3n) is 7.20. The van der Waals surface area contributed by atoms with Crippen molar-refractivity contribution in [3.8, 4) is 17.2 Å². The van der Waals surface area contributed by atoms with Crippen LogP contribution in [-0.2, 0) is 29.4 Å². The molecule has 0 radical (unpaired) electrons. The van der Waals surface area contributed by atoms with E-state index in [9.17, 15) is 14.0 Å². The molecule has 1 atom stereocenters. The number of esters is 1. The Morgan fingerprint density at radius 1 is 1.24 bits per heavy atom. The molecule has 9 nitrogen and oxygen atoms in total. The lowest BCUT2D eigenvalue weighted by Gasteiger charge is -2.20. The monoisotopic (exact) mass is 660 g/mol. The number of hydrogen-bond acceptors (Lipinski definition) is 8. The zero-order valence-electron chi connectivity index (χ0n) is 23.2. The zero-order chi connectivity index (χ0) is 29.3. The summed E-state index contributed by atoms with van der Waals surface area (Å²) < 4.78 is 23.3. The Hall–Kier alpha value is -3.03. The molecule has 0 fully saturated rings. The number of thioether (sulfide) groups is 1. The van der Waals surface area contributed by atoms with E-state index in [1.54, 1.807) is 28.3 Å². The van der Waals surface area contributed by atoms with Crippen molar-refractivity contribution in [2.24, 2.45) is 13.0 Å². The van der Waals surface area contributed by atoms with E-state index < -0.39 is 5.97 Å². The standard InChI is InChI=1S/C28H30BrFN6O3S2/c1-5-16-7-12-19-20(13-16)41-26(22(19)27(38)39-6-2)31-21(37)14-40-28-33-32-25(24-23(29)15(3)35(4)34-24)36(28)18-10-8-17(30)9-11-18/h8-11,16H,5-7,12-14H2,1-4H3,(H,31,37)/t16-/m0/s1. The van der Waals surface area contributed by atoms with Crippen molar-refractivity contribution in [3.05, 3.63) is 56.3 Å². The number of amides is 1. The number of halogens is 2. The van der Waals surface area contributed by atoms with Crippen molar-refractivity contribution in [3.63, 3.8) is 0 Å². The van der Waals surface area contributed by atoms with E-state index in [2.05, 4.69) is 43.5 Å². The van der Waals surface area contributed by atoms with Crippen LogP contribution in [0.25, 0.3) is 17.2 Å². The molecule has 5 rings (SSSR count). The lowest BCUT2D eigenvalue weighted by atomic mass is 9.85. The van der Waals surface area contributed by atoms with Gasteiger partial charge < -0.3 is 10.1 Å². The predicted molar refractivity (Wildman–Crippen MR) is 161 cm³/mol. The molecule has 0 aliphatic heterocycles. The van der Waals surface area contributed by atoms with E-state index in [1.807, 2.05) is 14.0 Å². The summed E-state index contributed by atoms with van der Waals surface area (Å²) in [4.78, 5) is 27.3. The van der Waals surface area contributed by atoms with Gasteiger partial charge in [0.15, 0.2) is 11.0 Å². The molecular weight excluding hydrogens is 631 g/mol. The highest BCUT2D eigenvalue weighted by molar-refractivity contribution is 9.10. The predicted octanol–water partition coefficient (Wildman–Crippen LogP) is 6.36. The minimum absolute atomic E-state index is 0.0180. The Morgan fingerprint density at radius 2 is 2.00 bits per heavy atom. The van der Waals surface area contributed by atoms with Gasteiger partial charge in [0.05, 0.1) is 22.4 Å². The van der Waals surface area contributed by atoms with E-state index in [-0.39, 0.29) is 24.1 Å². The molecule has 1 aliphatic rings. The molecule has 41 heavy (non-hydrogen) atoms. The molecule has 0 unspecified atom stereocenters. The first-order valence-electron chi connectivity index (χ1n) is 13.4. The summed E-state index contributed by atoms with van der Waals surface area (Å²) in [5, 5.41) is 17.2.